The molecule has 5 nitrogen and oxygen atoms in total. The van der Waals surface area contributed by atoms with Crippen LogP contribution >= 0.6 is 27.5 Å². The average Bonchev–Trinajstić information content (AvgIpc) is 2.49. The predicted octanol–water partition coefficient (Wildman–Crippen LogP) is 4.16. The van der Waals surface area contributed by atoms with E-state index in [1.165, 1.54) is 0 Å². The second-order valence-corrected chi connectivity index (χ2v) is 8.51. The average molecular weight is 432 g/mol. The summed E-state index contributed by atoms with van der Waals surface area (Å²) in [4.78, 5) is 26.3. The number of benzene rings is 1. The highest BCUT2D eigenvalue weighted by Gasteiger charge is 2.26. The summed E-state index contributed by atoms with van der Waals surface area (Å²) >= 11 is 9.36. The van der Waals surface area contributed by atoms with Crippen molar-refractivity contribution >= 4 is 39.5 Å². The van der Waals surface area contributed by atoms with Crippen LogP contribution in [0.3, 0.4) is 0 Å². The first-order chi connectivity index (χ1) is 11.6. The Morgan fingerprint density at radius 2 is 2.12 bits per heavy atom. The number of hydrogen-bond donors (Lipinski definition) is 1. The quantitative estimate of drug-likeness (QED) is 0.782. The van der Waals surface area contributed by atoms with Gasteiger partial charge in [-0.2, -0.15) is 0 Å². The molecule has 1 atom stereocenters. The second kappa shape index (κ2) is 8.41. The predicted molar refractivity (Wildman–Crippen MR) is 102 cm³/mol. The van der Waals surface area contributed by atoms with Crippen molar-refractivity contribution < 1.29 is 14.3 Å². The number of nitrogens with zero attached hydrogens (tertiary/aromatic N) is 1. The Morgan fingerprint density at radius 3 is 2.76 bits per heavy atom. The molecule has 1 aliphatic heterocycles. The van der Waals surface area contributed by atoms with E-state index in [1.54, 1.807) is 11.0 Å². The van der Waals surface area contributed by atoms with Crippen molar-refractivity contribution in [2.75, 3.05) is 13.1 Å². The topological polar surface area (TPSA) is 58.6 Å². The van der Waals surface area contributed by atoms with Crippen LogP contribution in [0, 0.1) is 0 Å². The summed E-state index contributed by atoms with van der Waals surface area (Å²) in [5.41, 5.74) is 0.374. The minimum Gasteiger partial charge on any atom is -0.444 e. The van der Waals surface area contributed by atoms with E-state index in [1.807, 2.05) is 32.9 Å². The van der Waals surface area contributed by atoms with Crippen molar-refractivity contribution in [1.82, 2.24) is 10.2 Å². The Morgan fingerprint density at radius 1 is 1.40 bits per heavy atom. The molecule has 1 heterocycles. The maximum absolute atomic E-state index is 12.6. The van der Waals surface area contributed by atoms with Crippen LogP contribution in [0.4, 0.5) is 4.79 Å². The maximum Gasteiger partial charge on any atom is 0.407 e. The van der Waals surface area contributed by atoms with Gasteiger partial charge in [0.05, 0.1) is 11.4 Å². The van der Waals surface area contributed by atoms with Crippen molar-refractivity contribution in [2.24, 2.45) is 0 Å². The number of carbonyl (C=O) groups excluding carboxylic acids is 2. The van der Waals surface area contributed by atoms with Gasteiger partial charge in [-0.05, 0) is 67.2 Å². The van der Waals surface area contributed by atoms with Crippen LogP contribution in [-0.2, 0) is 16.0 Å². The molecule has 0 bridgehead atoms. The number of piperidine rings is 1. The van der Waals surface area contributed by atoms with Gasteiger partial charge in [0.2, 0.25) is 5.91 Å². The summed E-state index contributed by atoms with van der Waals surface area (Å²) < 4.78 is 6.07. The van der Waals surface area contributed by atoms with Gasteiger partial charge < -0.3 is 15.0 Å². The SMILES string of the molecule is CC(C)(C)OC(=O)N[C@@H]1CCCN(C(=O)Cc2ccc(Cl)c(Br)c2)C1. The third-order valence-corrected chi connectivity index (χ3v) is 5.05. The summed E-state index contributed by atoms with van der Waals surface area (Å²) in [6, 6.07) is 5.41. The first-order valence-electron chi connectivity index (χ1n) is 8.35. The molecule has 0 radical (unpaired) electrons. The molecule has 0 spiro atoms. The summed E-state index contributed by atoms with van der Waals surface area (Å²) in [5.74, 6) is 0.0462. The van der Waals surface area contributed by atoms with Gasteiger partial charge in [0, 0.05) is 23.6 Å². The lowest BCUT2D eigenvalue weighted by atomic mass is 10.0. The Hall–Kier alpha value is -1.27. The normalized spacial score (nSPS) is 18.0. The number of nitrogens with one attached hydrogen (secondary N) is 1. The molecule has 25 heavy (non-hydrogen) atoms. The van der Waals surface area contributed by atoms with Crippen LogP contribution in [0.15, 0.2) is 22.7 Å². The van der Waals surface area contributed by atoms with Crippen molar-refractivity contribution in [1.29, 1.82) is 0 Å². The molecular weight excluding hydrogens is 408 g/mol. The molecule has 0 aliphatic carbocycles. The lowest BCUT2D eigenvalue weighted by Gasteiger charge is -2.33. The fourth-order valence-electron chi connectivity index (χ4n) is 2.73. The molecule has 0 aromatic heterocycles. The van der Waals surface area contributed by atoms with Gasteiger partial charge in [0.1, 0.15) is 5.60 Å². The molecule has 1 aromatic carbocycles. The lowest BCUT2D eigenvalue weighted by Crippen LogP contribution is -2.50. The summed E-state index contributed by atoms with van der Waals surface area (Å²) in [7, 11) is 0. The van der Waals surface area contributed by atoms with E-state index < -0.39 is 11.7 Å². The Labute approximate surface area is 162 Å². The third-order valence-electron chi connectivity index (χ3n) is 3.83. The smallest absolute Gasteiger partial charge is 0.407 e. The van der Waals surface area contributed by atoms with Crippen LogP contribution in [0.1, 0.15) is 39.2 Å². The summed E-state index contributed by atoms with van der Waals surface area (Å²) in [6.45, 7) is 6.70. The third kappa shape index (κ3) is 6.51. The number of likely N-dealkylation sites (tertiary alicyclic amines) is 1. The van der Waals surface area contributed by atoms with Crippen LogP contribution < -0.4 is 5.32 Å². The van der Waals surface area contributed by atoms with Crippen molar-refractivity contribution in [3.63, 3.8) is 0 Å². The zero-order valence-electron chi connectivity index (χ0n) is 14.8. The molecule has 1 fully saturated rings. The number of alkyl carbamates (subject to hydrolysis) is 1. The molecule has 7 heteroatoms. The van der Waals surface area contributed by atoms with Crippen LogP contribution in [0.25, 0.3) is 0 Å². The Bertz CT molecular complexity index is 646. The fraction of sp³-hybridized carbons (Fsp3) is 0.556. The molecule has 1 aliphatic rings. The molecule has 1 saturated heterocycles. The minimum absolute atomic E-state index is 0.0462. The fourth-order valence-corrected chi connectivity index (χ4v) is 3.28. The van der Waals surface area contributed by atoms with Gasteiger partial charge in [0.15, 0.2) is 0 Å². The lowest BCUT2D eigenvalue weighted by molar-refractivity contribution is -0.131. The van der Waals surface area contributed by atoms with Crippen molar-refractivity contribution in [3.05, 3.63) is 33.3 Å². The van der Waals surface area contributed by atoms with E-state index in [0.29, 0.717) is 24.5 Å². The highest BCUT2D eigenvalue weighted by Crippen LogP contribution is 2.24. The van der Waals surface area contributed by atoms with Gasteiger partial charge in [-0.25, -0.2) is 4.79 Å². The number of halogens is 2. The highest BCUT2D eigenvalue weighted by atomic mass is 79.9. The number of ether oxygens (including phenoxy) is 1. The highest BCUT2D eigenvalue weighted by molar-refractivity contribution is 9.10. The van der Waals surface area contributed by atoms with E-state index in [4.69, 9.17) is 16.3 Å². The van der Waals surface area contributed by atoms with Crippen LogP contribution in [-0.4, -0.2) is 41.6 Å². The zero-order chi connectivity index (χ0) is 18.6. The Balaban J connectivity index is 1.90. The van der Waals surface area contributed by atoms with E-state index in [-0.39, 0.29) is 11.9 Å². The molecule has 0 unspecified atom stereocenters. The van der Waals surface area contributed by atoms with Gasteiger partial charge in [-0.1, -0.05) is 17.7 Å². The molecule has 0 saturated carbocycles. The molecule has 1 aromatic rings. The number of hydrogen-bond acceptors (Lipinski definition) is 3. The zero-order valence-corrected chi connectivity index (χ0v) is 17.1. The van der Waals surface area contributed by atoms with Gasteiger partial charge in [-0.15, -0.1) is 0 Å². The maximum atomic E-state index is 12.6. The first kappa shape index (κ1) is 20.0. The van der Waals surface area contributed by atoms with E-state index in [0.717, 1.165) is 22.9 Å². The van der Waals surface area contributed by atoms with Gasteiger partial charge >= 0.3 is 6.09 Å². The number of carbonyl (C=O) groups is 2. The summed E-state index contributed by atoms with van der Waals surface area (Å²) in [5, 5.41) is 3.48. The van der Waals surface area contributed by atoms with Gasteiger partial charge in [0.25, 0.3) is 0 Å². The molecule has 2 amide bonds. The first-order valence-corrected chi connectivity index (χ1v) is 9.52. The van der Waals surface area contributed by atoms with Crippen LogP contribution in [0.5, 0.6) is 0 Å². The molecule has 2 rings (SSSR count). The largest absolute Gasteiger partial charge is 0.444 e. The summed E-state index contributed by atoms with van der Waals surface area (Å²) in [6.07, 6.45) is 1.58. The molecular formula is C18H24BrClN2O3. The van der Waals surface area contributed by atoms with E-state index in [2.05, 4.69) is 21.2 Å². The van der Waals surface area contributed by atoms with Crippen LogP contribution in [0.2, 0.25) is 5.02 Å². The van der Waals surface area contributed by atoms with E-state index in [9.17, 15) is 9.59 Å². The Kier molecular flexibility index (Phi) is 6.74. The van der Waals surface area contributed by atoms with E-state index >= 15 is 0 Å². The van der Waals surface area contributed by atoms with Crippen molar-refractivity contribution in [3.8, 4) is 0 Å². The standard InChI is InChI=1S/C18H24BrClN2O3/c1-18(2,3)25-17(24)21-13-5-4-8-22(11-13)16(23)10-12-6-7-15(20)14(19)9-12/h6-7,9,13H,4-5,8,10-11H2,1-3H3,(H,21,24)/t13-/m1/s1. The number of amides is 2. The molecule has 1 N–H and O–H groups in total. The molecule has 138 valence electrons. The van der Waals surface area contributed by atoms with Crippen molar-refractivity contribution in [2.45, 2.75) is 51.7 Å². The second-order valence-electron chi connectivity index (χ2n) is 7.25. The number of rotatable bonds is 3. The van der Waals surface area contributed by atoms with Gasteiger partial charge in [-0.3, -0.25) is 4.79 Å². The monoisotopic (exact) mass is 430 g/mol. The minimum atomic E-state index is -0.532.